The highest BCUT2D eigenvalue weighted by molar-refractivity contribution is 6.09. The van der Waals surface area contributed by atoms with Gasteiger partial charge in [-0.15, -0.1) is 0 Å². The molecule has 1 aromatic heterocycles. The Morgan fingerprint density at radius 2 is 1.76 bits per heavy atom. The Kier molecular flexibility index (Phi) is 5.58. The van der Waals surface area contributed by atoms with E-state index in [4.69, 9.17) is 0 Å². The van der Waals surface area contributed by atoms with Gasteiger partial charge in [-0.1, -0.05) is 61.7 Å². The average Bonchev–Trinajstić information content (AvgIpc) is 3.35. The standard InChI is InChI=1S/C25H27N5O3/c31-21(16-30-23(32)25(29-24(30)33)13-7-2-8-14-25)26-20(15-17-9-3-1-4-10-17)22-27-18-11-5-6-12-19(18)28-22/h1,3-6,9-12,20H,2,7-8,13-16H2,(H,26,31)(H,27,28)(H,29,33). The number of aromatic nitrogens is 2. The smallest absolute Gasteiger partial charge is 0.325 e. The number of amides is 4. The lowest BCUT2D eigenvalue weighted by molar-refractivity contribution is -0.136. The highest BCUT2D eigenvalue weighted by Crippen LogP contribution is 2.33. The predicted molar refractivity (Wildman–Crippen MR) is 123 cm³/mol. The van der Waals surface area contributed by atoms with Crippen molar-refractivity contribution in [3.63, 3.8) is 0 Å². The molecule has 1 unspecified atom stereocenters. The Morgan fingerprint density at radius 1 is 1.03 bits per heavy atom. The first-order valence-electron chi connectivity index (χ1n) is 11.5. The molecule has 1 aliphatic carbocycles. The first-order chi connectivity index (χ1) is 16.0. The number of para-hydroxylation sites is 2. The number of aromatic amines is 1. The van der Waals surface area contributed by atoms with Gasteiger partial charge in [-0.25, -0.2) is 9.78 Å². The van der Waals surface area contributed by atoms with Gasteiger partial charge in [0.25, 0.3) is 5.91 Å². The Bertz CT molecular complexity index is 1150. The number of fused-ring (bicyclic) bond motifs is 1. The van der Waals surface area contributed by atoms with Crippen LogP contribution in [0.5, 0.6) is 0 Å². The maximum absolute atomic E-state index is 13.0. The predicted octanol–water partition coefficient (Wildman–Crippen LogP) is 3.22. The van der Waals surface area contributed by atoms with E-state index in [1.807, 2.05) is 54.6 Å². The summed E-state index contributed by atoms with van der Waals surface area (Å²) < 4.78 is 0. The Labute approximate surface area is 191 Å². The number of carbonyl (C=O) groups excluding carboxylic acids is 3. The van der Waals surface area contributed by atoms with E-state index in [9.17, 15) is 14.4 Å². The zero-order valence-corrected chi connectivity index (χ0v) is 18.3. The van der Waals surface area contributed by atoms with E-state index < -0.39 is 23.5 Å². The van der Waals surface area contributed by atoms with Crippen molar-refractivity contribution in [1.29, 1.82) is 0 Å². The molecule has 1 saturated carbocycles. The summed E-state index contributed by atoms with van der Waals surface area (Å²) in [7, 11) is 0. The fourth-order valence-electron chi connectivity index (χ4n) is 4.90. The second-order valence-electron chi connectivity index (χ2n) is 8.91. The number of H-pyrrole nitrogens is 1. The van der Waals surface area contributed by atoms with Crippen LogP contribution in [-0.4, -0.2) is 44.8 Å². The number of urea groups is 1. The van der Waals surface area contributed by atoms with Crippen molar-refractivity contribution >= 4 is 28.9 Å². The van der Waals surface area contributed by atoms with Crippen LogP contribution < -0.4 is 10.6 Å². The second kappa shape index (κ2) is 8.69. The Morgan fingerprint density at radius 3 is 2.52 bits per heavy atom. The van der Waals surface area contributed by atoms with Gasteiger partial charge in [0, 0.05) is 0 Å². The van der Waals surface area contributed by atoms with Crippen LogP contribution in [0.15, 0.2) is 54.6 Å². The second-order valence-corrected chi connectivity index (χ2v) is 8.91. The maximum atomic E-state index is 13.0. The Balaban J connectivity index is 1.34. The van der Waals surface area contributed by atoms with E-state index in [2.05, 4.69) is 20.6 Å². The van der Waals surface area contributed by atoms with E-state index in [1.165, 1.54) is 0 Å². The Hall–Kier alpha value is -3.68. The van der Waals surface area contributed by atoms with Crippen molar-refractivity contribution in [2.45, 2.75) is 50.1 Å². The molecule has 1 saturated heterocycles. The van der Waals surface area contributed by atoms with E-state index >= 15 is 0 Å². The molecule has 170 valence electrons. The SMILES string of the molecule is O=C(CN1C(=O)NC2(CCCCC2)C1=O)NC(Cc1ccccc1)c1nc2ccccc2[nH]1. The molecule has 0 bridgehead atoms. The van der Waals surface area contributed by atoms with Crippen molar-refractivity contribution < 1.29 is 14.4 Å². The van der Waals surface area contributed by atoms with Crippen molar-refractivity contribution in [1.82, 2.24) is 25.5 Å². The molecule has 33 heavy (non-hydrogen) atoms. The molecule has 3 aromatic rings. The first kappa shape index (κ1) is 21.2. The number of imidazole rings is 1. The number of imide groups is 1. The molecule has 3 N–H and O–H groups in total. The summed E-state index contributed by atoms with van der Waals surface area (Å²) in [5.74, 6) is -0.0483. The van der Waals surface area contributed by atoms with E-state index in [0.29, 0.717) is 25.1 Å². The monoisotopic (exact) mass is 445 g/mol. The lowest BCUT2D eigenvalue weighted by atomic mass is 9.82. The van der Waals surface area contributed by atoms with Crippen molar-refractivity contribution in [3.05, 3.63) is 66.0 Å². The van der Waals surface area contributed by atoms with Crippen LogP contribution >= 0.6 is 0 Å². The number of hydrogen-bond donors (Lipinski definition) is 3. The van der Waals surface area contributed by atoms with E-state index in [-0.39, 0.29) is 12.5 Å². The third-order valence-corrected chi connectivity index (χ3v) is 6.61. The highest BCUT2D eigenvalue weighted by Gasteiger charge is 2.51. The van der Waals surface area contributed by atoms with Crippen molar-refractivity contribution in [2.75, 3.05) is 6.54 Å². The summed E-state index contributed by atoms with van der Waals surface area (Å²) in [6.07, 6.45) is 4.64. The lowest BCUT2D eigenvalue weighted by Gasteiger charge is -2.30. The summed E-state index contributed by atoms with van der Waals surface area (Å²) in [6, 6.07) is 16.6. The maximum Gasteiger partial charge on any atom is 0.325 e. The van der Waals surface area contributed by atoms with Gasteiger partial charge in [-0.05, 0) is 37.0 Å². The van der Waals surface area contributed by atoms with Crippen LogP contribution in [0.3, 0.4) is 0 Å². The normalized spacial score (nSPS) is 18.5. The van der Waals surface area contributed by atoms with Gasteiger partial charge < -0.3 is 15.6 Å². The number of nitrogens with zero attached hydrogens (tertiary/aromatic N) is 2. The molecule has 2 aromatic carbocycles. The number of nitrogens with one attached hydrogen (secondary N) is 3. The molecule has 2 heterocycles. The molecule has 4 amide bonds. The van der Waals surface area contributed by atoms with Gasteiger partial charge in [0.05, 0.1) is 17.1 Å². The van der Waals surface area contributed by atoms with Crippen molar-refractivity contribution in [3.8, 4) is 0 Å². The third kappa shape index (κ3) is 4.20. The molecule has 1 atom stereocenters. The van der Waals surface area contributed by atoms with Gasteiger partial charge in [-0.2, -0.15) is 0 Å². The zero-order valence-electron chi connectivity index (χ0n) is 18.3. The molecular weight excluding hydrogens is 418 g/mol. The number of benzene rings is 2. The van der Waals surface area contributed by atoms with Gasteiger partial charge in [-0.3, -0.25) is 14.5 Å². The number of carbonyl (C=O) groups is 3. The topological polar surface area (TPSA) is 107 Å². The lowest BCUT2D eigenvalue weighted by Crippen LogP contribution is -2.49. The summed E-state index contributed by atoms with van der Waals surface area (Å²) in [5, 5.41) is 5.85. The largest absolute Gasteiger partial charge is 0.344 e. The molecule has 8 heteroatoms. The number of hydrogen-bond acceptors (Lipinski definition) is 4. The molecule has 2 aliphatic rings. The summed E-state index contributed by atoms with van der Waals surface area (Å²) in [6.45, 7) is -0.308. The highest BCUT2D eigenvalue weighted by atomic mass is 16.2. The third-order valence-electron chi connectivity index (χ3n) is 6.61. The first-order valence-corrected chi connectivity index (χ1v) is 11.5. The quantitative estimate of drug-likeness (QED) is 0.507. The minimum Gasteiger partial charge on any atom is -0.344 e. The summed E-state index contributed by atoms with van der Waals surface area (Å²) in [5.41, 5.74) is 1.90. The van der Waals surface area contributed by atoms with Crippen LogP contribution in [0, 0.1) is 0 Å². The van der Waals surface area contributed by atoms with Crippen molar-refractivity contribution in [2.24, 2.45) is 0 Å². The van der Waals surface area contributed by atoms with Gasteiger partial charge >= 0.3 is 6.03 Å². The van der Waals surface area contributed by atoms with E-state index in [0.717, 1.165) is 40.8 Å². The molecule has 1 spiro atoms. The van der Waals surface area contributed by atoms with Crippen LogP contribution in [-0.2, 0) is 16.0 Å². The van der Waals surface area contributed by atoms with Crippen LogP contribution in [0.25, 0.3) is 11.0 Å². The minimum absolute atomic E-state index is 0.286. The van der Waals surface area contributed by atoms with E-state index in [1.54, 1.807) is 0 Å². The zero-order chi connectivity index (χ0) is 22.8. The van der Waals surface area contributed by atoms with Gasteiger partial charge in [0.15, 0.2) is 0 Å². The summed E-state index contributed by atoms with van der Waals surface area (Å²) >= 11 is 0. The summed E-state index contributed by atoms with van der Waals surface area (Å²) in [4.78, 5) is 47.6. The molecule has 5 rings (SSSR count). The van der Waals surface area contributed by atoms with Gasteiger partial charge in [0.2, 0.25) is 5.91 Å². The van der Waals surface area contributed by atoms with Crippen LogP contribution in [0.1, 0.15) is 49.5 Å². The molecule has 8 nitrogen and oxygen atoms in total. The fraction of sp³-hybridized carbons (Fsp3) is 0.360. The molecular formula is C25H27N5O3. The molecule has 0 radical (unpaired) electrons. The van der Waals surface area contributed by atoms with Crippen LogP contribution in [0.2, 0.25) is 0 Å². The average molecular weight is 446 g/mol. The van der Waals surface area contributed by atoms with Gasteiger partial charge in [0.1, 0.15) is 17.9 Å². The minimum atomic E-state index is -0.836. The van der Waals surface area contributed by atoms with Crippen LogP contribution in [0.4, 0.5) is 4.79 Å². The molecule has 1 aliphatic heterocycles. The fourth-order valence-corrected chi connectivity index (χ4v) is 4.90. The molecule has 2 fully saturated rings. The number of rotatable bonds is 6.